The number of methoxy groups -OCH3 is 1. The molecule has 0 saturated carbocycles. The van der Waals surface area contributed by atoms with E-state index in [0.717, 1.165) is 17.5 Å². The van der Waals surface area contributed by atoms with Crippen molar-refractivity contribution in [1.29, 1.82) is 0 Å². The molecule has 0 fully saturated rings. The maximum atomic E-state index is 12.3. The fourth-order valence-electron chi connectivity index (χ4n) is 2.08. The van der Waals surface area contributed by atoms with Crippen molar-refractivity contribution < 1.29 is 17.9 Å². The van der Waals surface area contributed by atoms with E-state index in [0.29, 0.717) is 13.2 Å². The van der Waals surface area contributed by atoms with Crippen LogP contribution in [0.2, 0.25) is 0 Å². The van der Waals surface area contributed by atoms with Gasteiger partial charge >= 0.3 is 6.18 Å². The van der Waals surface area contributed by atoms with Crippen LogP contribution >= 0.6 is 0 Å². The van der Waals surface area contributed by atoms with E-state index in [4.69, 9.17) is 4.74 Å². The summed E-state index contributed by atoms with van der Waals surface area (Å²) in [6.45, 7) is 3.19. The van der Waals surface area contributed by atoms with Crippen LogP contribution in [0.4, 0.5) is 13.2 Å². The van der Waals surface area contributed by atoms with Gasteiger partial charge in [0, 0.05) is 19.6 Å². The summed E-state index contributed by atoms with van der Waals surface area (Å²) in [6, 6.07) is 7.44. The smallest absolute Gasteiger partial charge is 0.384 e. The van der Waals surface area contributed by atoms with Crippen molar-refractivity contribution in [3.8, 4) is 0 Å². The van der Waals surface area contributed by atoms with Gasteiger partial charge in [0.1, 0.15) is 0 Å². The molecule has 0 aliphatic carbocycles. The monoisotopic (exact) mass is 289 g/mol. The van der Waals surface area contributed by atoms with Gasteiger partial charge in [0.2, 0.25) is 0 Å². The standard InChI is InChI=1S/C15H22F3NO/c1-3-19-14(8-10-15(16,17)18)13-6-4-12(5-7-13)9-11-20-2/h4-7,14,19H,3,8-11H2,1-2H3. The van der Waals surface area contributed by atoms with Crippen molar-refractivity contribution in [2.24, 2.45) is 0 Å². The quantitative estimate of drug-likeness (QED) is 0.784. The summed E-state index contributed by atoms with van der Waals surface area (Å²) in [7, 11) is 1.65. The van der Waals surface area contributed by atoms with Crippen LogP contribution in [0.15, 0.2) is 24.3 Å². The lowest BCUT2D eigenvalue weighted by molar-refractivity contribution is -0.136. The molecule has 1 aromatic rings. The molecule has 2 nitrogen and oxygen atoms in total. The number of rotatable bonds is 8. The molecule has 0 bridgehead atoms. The summed E-state index contributed by atoms with van der Waals surface area (Å²) >= 11 is 0. The number of ether oxygens (including phenoxy) is 1. The molecule has 0 aromatic heterocycles. The molecular formula is C15H22F3NO. The second kappa shape index (κ2) is 8.27. The Balaban J connectivity index is 2.66. The Morgan fingerprint density at radius 1 is 1.20 bits per heavy atom. The first-order valence-electron chi connectivity index (χ1n) is 6.84. The Labute approximate surface area is 118 Å². The van der Waals surface area contributed by atoms with Crippen molar-refractivity contribution in [3.05, 3.63) is 35.4 Å². The zero-order chi connectivity index (χ0) is 15.0. The van der Waals surface area contributed by atoms with Gasteiger partial charge < -0.3 is 10.1 Å². The highest BCUT2D eigenvalue weighted by Crippen LogP contribution is 2.27. The minimum atomic E-state index is -4.11. The van der Waals surface area contributed by atoms with Gasteiger partial charge in [-0.25, -0.2) is 0 Å². The summed E-state index contributed by atoms with van der Waals surface area (Å²) in [4.78, 5) is 0. The van der Waals surface area contributed by atoms with Crippen molar-refractivity contribution in [2.45, 2.75) is 38.4 Å². The van der Waals surface area contributed by atoms with Crippen LogP contribution in [0.5, 0.6) is 0 Å². The number of nitrogens with one attached hydrogen (secondary N) is 1. The van der Waals surface area contributed by atoms with Crippen LogP contribution in [0, 0.1) is 0 Å². The SMILES string of the molecule is CCNC(CCC(F)(F)F)c1ccc(CCOC)cc1. The molecular weight excluding hydrogens is 267 g/mol. The molecule has 1 aromatic carbocycles. The fourth-order valence-corrected chi connectivity index (χ4v) is 2.08. The predicted molar refractivity (Wildman–Crippen MR) is 73.7 cm³/mol. The summed E-state index contributed by atoms with van der Waals surface area (Å²) in [5.74, 6) is 0. The molecule has 20 heavy (non-hydrogen) atoms. The molecule has 1 unspecified atom stereocenters. The lowest BCUT2D eigenvalue weighted by Gasteiger charge is -2.19. The van der Waals surface area contributed by atoms with Crippen LogP contribution in [0.1, 0.15) is 36.9 Å². The third-order valence-corrected chi connectivity index (χ3v) is 3.14. The largest absolute Gasteiger partial charge is 0.389 e. The number of halogens is 3. The van der Waals surface area contributed by atoms with E-state index in [1.54, 1.807) is 7.11 Å². The average Bonchev–Trinajstić information content (AvgIpc) is 2.41. The molecule has 0 heterocycles. The summed E-state index contributed by atoms with van der Waals surface area (Å²) in [5.41, 5.74) is 2.03. The van der Waals surface area contributed by atoms with Gasteiger partial charge in [-0.2, -0.15) is 13.2 Å². The normalized spacial score (nSPS) is 13.4. The van der Waals surface area contributed by atoms with Gasteiger partial charge in [-0.3, -0.25) is 0 Å². The van der Waals surface area contributed by atoms with Crippen molar-refractivity contribution in [2.75, 3.05) is 20.3 Å². The summed E-state index contributed by atoms with van der Waals surface area (Å²) < 4.78 is 42.0. The van der Waals surface area contributed by atoms with E-state index >= 15 is 0 Å². The second-order valence-corrected chi connectivity index (χ2v) is 4.75. The molecule has 0 amide bonds. The zero-order valence-corrected chi connectivity index (χ0v) is 12.0. The summed E-state index contributed by atoms with van der Waals surface area (Å²) in [6.07, 6.45) is -4.00. The van der Waals surface area contributed by atoms with Crippen LogP contribution in [-0.2, 0) is 11.2 Å². The van der Waals surface area contributed by atoms with Gasteiger partial charge in [0.05, 0.1) is 6.61 Å². The van der Waals surface area contributed by atoms with Gasteiger partial charge in [-0.1, -0.05) is 31.2 Å². The van der Waals surface area contributed by atoms with Gasteiger partial charge in [-0.15, -0.1) is 0 Å². The molecule has 0 aliphatic rings. The highest BCUT2D eigenvalue weighted by atomic mass is 19.4. The predicted octanol–water partition coefficient (Wildman–Crippen LogP) is 3.87. The molecule has 0 spiro atoms. The van der Waals surface area contributed by atoms with Gasteiger partial charge in [-0.05, 0) is 30.5 Å². The summed E-state index contributed by atoms with van der Waals surface area (Å²) in [5, 5.41) is 3.11. The maximum absolute atomic E-state index is 12.3. The maximum Gasteiger partial charge on any atom is 0.389 e. The molecule has 114 valence electrons. The van der Waals surface area contributed by atoms with Crippen molar-refractivity contribution in [3.63, 3.8) is 0 Å². The zero-order valence-electron chi connectivity index (χ0n) is 12.0. The Morgan fingerprint density at radius 3 is 2.35 bits per heavy atom. The number of benzene rings is 1. The number of hydrogen-bond donors (Lipinski definition) is 1. The Morgan fingerprint density at radius 2 is 1.85 bits per heavy atom. The molecule has 5 heteroatoms. The molecule has 1 N–H and O–H groups in total. The van der Waals surface area contributed by atoms with Crippen LogP contribution < -0.4 is 5.32 Å². The number of alkyl halides is 3. The Hall–Kier alpha value is -1.07. The first-order valence-corrected chi connectivity index (χ1v) is 6.84. The van der Waals surface area contributed by atoms with Gasteiger partial charge in [0.15, 0.2) is 0 Å². The molecule has 1 rings (SSSR count). The van der Waals surface area contributed by atoms with E-state index in [1.165, 1.54) is 0 Å². The van der Waals surface area contributed by atoms with Crippen molar-refractivity contribution in [1.82, 2.24) is 5.32 Å². The van der Waals surface area contributed by atoms with Crippen LogP contribution in [0.25, 0.3) is 0 Å². The van der Waals surface area contributed by atoms with E-state index in [2.05, 4.69) is 5.32 Å². The molecule has 1 atom stereocenters. The number of hydrogen-bond acceptors (Lipinski definition) is 2. The van der Waals surface area contributed by atoms with Crippen LogP contribution in [0.3, 0.4) is 0 Å². The topological polar surface area (TPSA) is 21.3 Å². The molecule has 0 saturated heterocycles. The van der Waals surface area contributed by atoms with E-state index in [1.807, 2.05) is 31.2 Å². The lowest BCUT2D eigenvalue weighted by Crippen LogP contribution is -2.23. The minimum absolute atomic E-state index is 0.0642. The highest BCUT2D eigenvalue weighted by Gasteiger charge is 2.28. The third-order valence-electron chi connectivity index (χ3n) is 3.14. The minimum Gasteiger partial charge on any atom is -0.384 e. The van der Waals surface area contributed by atoms with Gasteiger partial charge in [0.25, 0.3) is 0 Å². The van der Waals surface area contributed by atoms with E-state index in [9.17, 15) is 13.2 Å². The van der Waals surface area contributed by atoms with E-state index < -0.39 is 12.6 Å². The average molecular weight is 289 g/mol. The van der Waals surface area contributed by atoms with E-state index in [-0.39, 0.29) is 12.5 Å². The van der Waals surface area contributed by atoms with Crippen molar-refractivity contribution >= 4 is 0 Å². The molecule has 0 radical (unpaired) electrons. The lowest BCUT2D eigenvalue weighted by atomic mass is 9.99. The first kappa shape index (κ1) is 17.0. The van der Waals surface area contributed by atoms with Crippen LogP contribution in [-0.4, -0.2) is 26.4 Å². The second-order valence-electron chi connectivity index (χ2n) is 4.75. The Bertz CT molecular complexity index is 376. The first-order chi connectivity index (χ1) is 9.46. The highest BCUT2D eigenvalue weighted by molar-refractivity contribution is 5.25. The fraction of sp³-hybridized carbons (Fsp3) is 0.600. The molecule has 0 aliphatic heterocycles. The Kier molecular flexibility index (Phi) is 7.02. The third kappa shape index (κ3) is 6.39.